The van der Waals surface area contributed by atoms with Crippen LogP contribution in [0.2, 0.25) is 0 Å². The average molecular weight is 394 g/mol. The zero-order chi connectivity index (χ0) is 20.6. The minimum atomic E-state index is -0.196. The van der Waals surface area contributed by atoms with Crippen molar-refractivity contribution < 1.29 is 14.3 Å². The minimum Gasteiger partial charge on any atom is -0.490 e. The molecular weight excluding hydrogens is 368 g/mol. The van der Waals surface area contributed by atoms with Gasteiger partial charge < -0.3 is 19.4 Å². The predicted molar refractivity (Wildman–Crippen MR) is 114 cm³/mol. The molecule has 0 fully saturated rings. The SMILES string of the molecule is CCOc1ccc(CCNC(=O)Cn2ccc3ccccc3c2=O)cc1OCC. The predicted octanol–water partition coefficient (Wildman–Crippen LogP) is 3.16. The molecule has 3 rings (SSSR count). The third-order valence-electron chi connectivity index (χ3n) is 4.54. The Morgan fingerprint density at radius 1 is 1.00 bits per heavy atom. The van der Waals surface area contributed by atoms with Crippen LogP contribution in [0.3, 0.4) is 0 Å². The second kappa shape index (κ2) is 9.78. The molecule has 1 aromatic heterocycles. The molecule has 0 saturated heterocycles. The van der Waals surface area contributed by atoms with Gasteiger partial charge in [0.1, 0.15) is 6.54 Å². The highest BCUT2D eigenvalue weighted by molar-refractivity contribution is 5.82. The summed E-state index contributed by atoms with van der Waals surface area (Å²) in [5.74, 6) is 1.23. The number of ether oxygens (including phenoxy) is 2. The standard InChI is InChI=1S/C23H26N2O4/c1-3-28-20-10-9-17(15-21(20)29-4-2)11-13-24-22(26)16-25-14-12-18-7-5-6-8-19(18)23(25)27/h5-10,12,14-15H,3-4,11,13,16H2,1-2H3,(H,24,26). The number of nitrogens with one attached hydrogen (secondary N) is 1. The fraction of sp³-hybridized carbons (Fsp3) is 0.304. The molecule has 2 aromatic carbocycles. The Bertz CT molecular complexity index is 1040. The number of hydrogen-bond acceptors (Lipinski definition) is 4. The molecule has 1 amide bonds. The van der Waals surface area contributed by atoms with Gasteiger partial charge in [0.15, 0.2) is 11.5 Å². The average Bonchev–Trinajstić information content (AvgIpc) is 2.72. The molecule has 6 heteroatoms. The van der Waals surface area contributed by atoms with Gasteiger partial charge in [0.2, 0.25) is 5.91 Å². The van der Waals surface area contributed by atoms with E-state index >= 15 is 0 Å². The second-order valence-corrected chi connectivity index (χ2v) is 6.58. The van der Waals surface area contributed by atoms with E-state index in [9.17, 15) is 9.59 Å². The first kappa shape index (κ1) is 20.5. The third-order valence-corrected chi connectivity index (χ3v) is 4.54. The van der Waals surface area contributed by atoms with E-state index in [-0.39, 0.29) is 18.0 Å². The molecule has 3 aromatic rings. The first-order valence-corrected chi connectivity index (χ1v) is 9.85. The van der Waals surface area contributed by atoms with Crippen molar-refractivity contribution in [2.24, 2.45) is 0 Å². The van der Waals surface area contributed by atoms with Gasteiger partial charge in [-0.15, -0.1) is 0 Å². The zero-order valence-electron chi connectivity index (χ0n) is 16.8. The maximum absolute atomic E-state index is 12.5. The largest absolute Gasteiger partial charge is 0.490 e. The highest BCUT2D eigenvalue weighted by Crippen LogP contribution is 2.28. The lowest BCUT2D eigenvalue weighted by molar-refractivity contribution is -0.121. The first-order valence-electron chi connectivity index (χ1n) is 9.85. The van der Waals surface area contributed by atoms with Gasteiger partial charge in [-0.2, -0.15) is 0 Å². The smallest absolute Gasteiger partial charge is 0.258 e. The monoisotopic (exact) mass is 394 g/mol. The molecule has 0 aliphatic heterocycles. The van der Waals surface area contributed by atoms with Crippen LogP contribution < -0.4 is 20.3 Å². The Kier molecular flexibility index (Phi) is 6.89. The number of pyridine rings is 1. The lowest BCUT2D eigenvalue weighted by Crippen LogP contribution is -2.33. The first-order chi connectivity index (χ1) is 14.1. The van der Waals surface area contributed by atoms with Gasteiger partial charge in [-0.25, -0.2) is 0 Å². The van der Waals surface area contributed by atoms with Crippen LogP contribution in [0.25, 0.3) is 10.8 Å². The Labute approximate surface area is 170 Å². The van der Waals surface area contributed by atoms with E-state index in [1.807, 2.05) is 56.3 Å². The van der Waals surface area contributed by atoms with Crippen molar-refractivity contribution in [1.29, 1.82) is 0 Å². The Hall–Kier alpha value is -3.28. The van der Waals surface area contributed by atoms with Crippen molar-refractivity contribution >= 4 is 16.7 Å². The number of aromatic nitrogens is 1. The highest BCUT2D eigenvalue weighted by atomic mass is 16.5. The van der Waals surface area contributed by atoms with Crippen molar-refractivity contribution in [3.63, 3.8) is 0 Å². The van der Waals surface area contributed by atoms with E-state index < -0.39 is 0 Å². The van der Waals surface area contributed by atoms with Crippen LogP contribution in [0.5, 0.6) is 11.5 Å². The van der Waals surface area contributed by atoms with E-state index in [1.54, 1.807) is 12.3 Å². The summed E-state index contributed by atoms with van der Waals surface area (Å²) in [6.07, 6.45) is 2.32. The molecule has 6 nitrogen and oxygen atoms in total. The van der Waals surface area contributed by atoms with Crippen LogP contribution >= 0.6 is 0 Å². The number of carbonyl (C=O) groups excluding carboxylic acids is 1. The van der Waals surface area contributed by atoms with Gasteiger partial charge in [0.05, 0.1) is 13.2 Å². The summed E-state index contributed by atoms with van der Waals surface area (Å²) < 4.78 is 12.6. The maximum atomic E-state index is 12.5. The van der Waals surface area contributed by atoms with E-state index in [1.165, 1.54) is 4.57 Å². The lowest BCUT2D eigenvalue weighted by atomic mass is 10.1. The van der Waals surface area contributed by atoms with Gasteiger partial charge in [-0.3, -0.25) is 9.59 Å². The number of hydrogen-bond donors (Lipinski definition) is 1. The number of amides is 1. The van der Waals surface area contributed by atoms with E-state index in [0.29, 0.717) is 37.3 Å². The van der Waals surface area contributed by atoms with Crippen molar-refractivity contribution in [3.05, 3.63) is 70.6 Å². The molecule has 0 bridgehead atoms. The molecule has 1 heterocycles. The van der Waals surface area contributed by atoms with Crippen LogP contribution in [0.4, 0.5) is 0 Å². The Balaban J connectivity index is 1.58. The van der Waals surface area contributed by atoms with Crippen molar-refractivity contribution in [1.82, 2.24) is 9.88 Å². The molecule has 0 spiro atoms. The molecule has 0 unspecified atom stereocenters. The van der Waals surface area contributed by atoms with Crippen molar-refractivity contribution in [3.8, 4) is 11.5 Å². The topological polar surface area (TPSA) is 69.6 Å². The highest BCUT2D eigenvalue weighted by Gasteiger charge is 2.09. The third kappa shape index (κ3) is 5.16. The van der Waals surface area contributed by atoms with Crippen molar-refractivity contribution in [2.45, 2.75) is 26.8 Å². The van der Waals surface area contributed by atoms with E-state index in [4.69, 9.17) is 9.47 Å². The van der Waals surface area contributed by atoms with Crippen LogP contribution in [-0.2, 0) is 17.8 Å². The minimum absolute atomic E-state index is 0.00284. The summed E-state index contributed by atoms with van der Waals surface area (Å²) in [4.78, 5) is 24.8. The van der Waals surface area contributed by atoms with Gasteiger partial charge in [-0.05, 0) is 55.5 Å². The number of rotatable bonds is 9. The molecular formula is C23H26N2O4. The quantitative estimate of drug-likeness (QED) is 0.605. The van der Waals surface area contributed by atoms with Gasteiger partial charge >= 0.3 is 0 Å². The molecule has 152 valence electrons. The number of carbonyl (C=O) groups is 1. The zero-order valence-corrected chi connectivity index (χ0v) is 16.8. The lowest BCUT2D eigenvalue weighted by Gasteiger charge is -2.13. The van der Waals surface area contributed by atoms with E-state index in [2.05, 4.69) is 5.32 Å². The summed E-state index contributed by atoms with van der Waals surface area (Å²) in [5.41, 5.74) is 0.881. The van der Waals surface area contributed by atoms with Gasteiger partial charge in [0.25, 0.3) is 5.56 Å². The summed E-state index contributed by atoms with van der Waals surface area (Å²) in [5, 5.41) is 4.36. The molecule has 0 saturated carbocycles. The summed E-state index contributed by atoms with van der Waals surface area (Å²) in [6, 6.07) is 15.0. The van der Waals surface area contributed by atoms with Crippen molar-refractivity contribution in [2.75, 3.05) is 19.8 Å². The van der Waals surface area contributed by atoms with Crippen LogP contribution in [0.1, 0.15) is 19.4 Å². The molecule has 0 radical (unpaired) electrons. The molecule has 0 aliphatic rings. The molecule has 0 atom stereocenters. The summed E-state index contributed by atoms with van der Waals surface area (Å²) in [7, 11) is 0. The Morgan fingerprint density at radius 3 is 2.55 bits per heavy atom. The molecule has 0 aliphatic carbocycles. The fourth-order valence-electron chi connectivity index (χ4n) is 3.16. The number of nitrogens with zero attached hydrogens (tertiary/aromatic N) is 1. The molecule has 1 N–H and O–H groups in total. The van der Waals surface area contributed by atoms with Crippen LogP contribution in [0, 0.1) is 0 Å². The van der Waals surface area contributed by atoms with Gasteiger partial charge in [0, 0.05) is 18.1 Å². The van der Waals surface area contributed by atoms with Crippen LogP contribution in [-0.4, -0.2) is 30.2 Å². The van der Waals surface area contributed by atoms with Gasteiger partial charge in [-0.1, -0.05) is 24.3 Å². The summed E-state index contributed by atoms with van der Waals surface area (Å²) >= 11 is 0. The molecule has 29 heavy (non-hydrogen) atoms. The fourth-order valence-corrected chi connectivity index (χ4v) is 3.16. The Morgan fingerprint density at radius 2 is 1.76 bits per heavy atom. The second-order valence-electron chi connectivity index (χ2n) is 6.58. The summed E-state index contributed by atoms with van der Waals surface area (Å²) in [6.45, 7) is 5.46. The number of fused-ring (bicyclic) bond motifs is 1. The van der Waals surface area contributed by atoms with Crippen LogP contribution in [0.15, 0.2) is 59.5 Å². The normalized spacial score (nSPS) is 10.7. The van der Waals surface area contributed by atoms with E-state index in [0.717, 1.165) is 16.7 Å². The maximum Gasteiger partial charge on any atom is 0.258 e. The number of benzene rings is 2.